The Morgan fingerprint density at radius 2 is 1.94 bits per heavy atom. The molecule has 0 atom stereocenters. The Labute approximate surface area is 119 Å². The van der Waals surface area contributed by atoms with Crippen LogP contribution in [0.15, 0.2) is 28.3 Å². The molecule has 0 radical (unpaired) electrons. The lowest BCUT2D eigenvalue weighted by atomic mass is 9.93. The molecule has 1 aromatic rings. The lowest BCUT2D eigenvalue weighted by Gasteiger charge is -2.13. The van der Waals surface area contributed by atoms with E-state index >= 15 is 0 Å². The molecule has 0 bridgehead atoms. The number of hydrogen-bond donors (Lipinski definition) is 0. The SMILES string of the molecule is O=C(C=C1CCCCC1)c1ccc(Br)c(Cl)c1F. The van der Waals surface area contributed by atoms with Crippen molar-refractivity contribution < 1.29 is 9.18 Å². The standard InChI is InChI=1S/C14H13BrClFO/c15-11-7-6-10(14(17)13(11)16)12(18)8-9-4-2-1-3-5-9/h6-8H,1-5H2. The Hall–Kier alpha value is -0.670. The molecule has 1 aromatic carbocycles. The number of halogens is 3. The van der Waals surface area contributed by atoms with Gasteiger partial charge in [-0.3, -0.25) is 4.79 Å². The Morgan fingerprint density at radius 1 is 1.28 bits per heavy atom. The van der Waals surface area contributed by atoms with Gasteiger partial charge in [0.05, 0.1) is 10.6 Å². The van der Waals surface area contributed by atoms with Crippen LogP contribution in [-0.4, -0.2) is 5.78 Å². The van der Waals surface area contributed by atoms with E-state index in [1.54, 1.807) is 12.1 Å². The van der Waals surface area contributed by atoms with Crippen LogP contribution in [0.4, 0.5) is 4.39 Å². The number of rotatable bonds is 2. The minimum absolute atomic E-state index is 0.0390. The molecule has 18 heavy (non-hydrogen) atoms. The molecule has 1 aliphatic rings. The van der Waals surface area contributed by atoms with Crippen molar-refractivity contribution >= 4 is 33.3 Å². The second-order valence-electron chi connectivity index (χ2n) is 4.45. The molecule has 2 rings (SSSR count). The topological polar surface area (TPSA) is 17.1 Å². The molecule has 1 fully saturated rings. The summed E-state index contributed by atoms with van der Waals surface area (Å²) < 4.78 is 14.3. The summed E-state index contributed by atoms with van der Waals surface area (Å²) in [6.45, 7) is 0. The summed E-state index contributed by atoms with van der Waals surface area (Å²) in [6.07, 6.45) is 6.90. The smallest absolute Gasteiger partial charge is 0.188 e. The van der Waals surface area contributed by atoms with Crippen LogP contribution in [0.5, 0.6) is 0 Å². The molecule has 0 aromatic heterocycles. The molecule has 0 aliphatic heterocycles. The van der Waals surface area contributed by atoms with E-state index in [0.717, 1.165) is 31.3 Å². The summed E-state index contributed by atoms with van der Waals surface area (Å²) in [7, 11) is 0. The number of ketones is 1. The minimum Gasteiger partial charge on any atom is -0.289 e. The van der Waals surface area contributed by atoms with Gasteiger partial charge in [-0.15, -0.1) is 0 Å². The van der Waals surface area contributed by atoms with Crippen molar-refractivity contribution in [3.63, 3.8) is 0 Å². The van der Waals surface area contributed by atoms with E-state index in [9.17, 15) is 9.18 Å². The van der Waals surface area contributed by atoms with Crippen LogP contribution in [0.2, 0.25) is 5.02 Å². The van der Waals surface area contributed by atoms with Gasteiger partial charge in [0.1, 0.15) is 0 Å². The van der Waals surface area contributed by atoms with Crippen LogP contribution >= 0.6 is 27.5 Å². The zero-order chi connectivity index (χ0) is 13.1. The maximum atomic E-state index is 13.9. The molecule has 0 N–H and O–H groups in total. The Balaban J connectivity index is 2.26. The molecule has 1 saturated carbocycles. The molecule has 96 valence electrons. The summed E-state index contributed by atoms with van der Waals surface area (Å²) in [5.74, 6) is -0.942. The van der Waals surface area contributed by atoms with E-state index in [2.05, 4.69) is 15.9 Å². The molecular weight excluding hydrogens is 319 g/mol. The highest BCUT2D eigenvalue weighted by Crippen LogP contribution is 2.29. The van der Waals surface area contributed by atoms with Crippen molar-refractivity contribution in [3.8, 4) is 0 Å². The highest BCUT2D eigenvalue weighted by atomic mass is 79.9. The molecule has 0 amide bonds. The number of carbonyl (C=O) groups is 1. The summed E-state index contributed by atoms with van der Waals surface area (Å²) in [6, 6.07) is 3.06. The Bertz CT molecular complexity index is 503. The lowest BCUT2D eigenvalue weighted by Crippen LogP contribution is -2.03. The van der Waals surface area contributed by atoms with Crippen LogP contribution in [-0.2, 0) is 0 Å². The van der Waals surface area contributed by atoms with Gasteiger partial charge in [-0.25, -0.2) is 4.39 Å². The quantitative estimate of drug-likeness (QED) is 0.407. The van der Waals surface area contributed by atoms with Gasteiger partial charge < -0.3 is 0 Å². The molecular formula is C14H13BrClFO. The van der Waals surface area contributed by atoms with Gasteiger partial charge in [-0.2, -0.15) is 0 Å². The van der Waals surface area contributed by atoms with Gasteiger partial charge in [-0.1, -0.05) is 23.6 Å². The van der Waals surface area contributed by atoms with Gasteiger partial charge >= 0.3 is 0 Å². The number of carbonyl (C=O) groups excluding carboxylic acids is 1. The van der Waals surface area contributed by atoms with Gasteiger partial charge in [0.15, 0.2) is 11.6 Å². The van der Waals surface area contributed by atoms with Gasteiger partial charge in [0.25, 0.3) is 0 Å². The predicted molar refractivity (Wildman–Crippen MR) is 74.6 cm³/mol. The fourth-order valence-corrected chi connectivity index (χ4v) is 2.60. The number of benzene rings is 1. The molecule has 0 heterocycles. The molecule has 0 saturated heterocycles. The van der Waals surface area contributed by atoms with Crippen LogP contribution in [0.25, 0.3) is 0 Å². The van der Waals surface area contributed by atoms with Crippen molar-refractivity contribution in [3.05, 3.63) is 44.7 Å². The van der Waals surface area contributed by atoms with E-state index in [1.165, 1.54) is 12.5 Å². The fraction of sp³-hybridized carbons (Fsp3) is 0.357. The summed E-state index contributed by atoms with van der Waals surface area (Å²) in [4.78, 5) is 12.0. The fourth-order valence-electron chi connectivity index (χ4n) is 2.13. The van der Waals surface area contributed by atoms with E-state index in [0.29, 0.717) is 4.47 Å². The van der Waals surface area contributed by atoms with Crippen LogP contribution < -0.4 is 0 Å². The molecule has 1 aliphatic carbocycles. The first-order valence-corrected chi connectivity index (χ1v) is 7.14. The average Bonchev–Trinajstić information content (AvgIpc) is 2.37. The third-order valence-electron chi connectivity index (χ3n) is 3.13. The first-order chi connectivity index (χ1) is 8.59. The average molecular weight is 332 g/mol. The second kappa shape index (κ2) is 5.98. The maximum Gasteiger partial charge on any atom is 0.188 e. The normalized spacial score (nSPS) is 15.6. The third kappa shape index (κ3) is 3.01. The van der Waals surface area contributed by atoms with Gasteiger partial charge in [0.2, 0.25) is 0 Å². The van der Waals surface area contributed by atoms with Gasteiger partial charge in [0, 0.05) is 4.47 Å². The predicted octanol–water partition coefficient (Wildman–Crippen LogP) is 5.31. The third-order valence-corrected chi connectivity index (χ3v) is 4.39. The summed E-state index contributed by atoms with van der Waals surface area (Å²) in [5.41, 5.74) is 1.16. The van der Waals surface area contributed by atoms with Crippen molar-refractivity contribution in [2.24, 2.45) is 0 Å². The zero-order valence-electron chi connectivity index (χ0n) is 9.81. The monoisotopic (exact) mass is 330 g/mol. The maximum absolute atomic E-state index is 13.9. The largest absolute Gasteiger partial charge is 0.289 e. The van der Waals surface area contributed by atoms with Crippen molar-refractivity contribution in [2.45, 2.75) is 32.1 Å². The zero-order valence-corrected chi connectivity index (χ0v) is 12.2. The number of allylic oxidation sites excluding steroid dienone is 2. The first kappa shape index (κ1) is 13.8. The van der Waals surface area contributed by atoms with Crippen molar-refractivity contribution in [1.82, 2.24) is 0 Å². The van der Waals surface area contributed by atoms with E-state index in [-0.39, 0.29) is 16.4 Å². The highest BCUT2D eigenvalue weighted by molar-refractivity contribution is 9.10. The molecule has 0 spiro atoms. The highest BCUT2D eigenvalue weighted by Gasteiger charge is 2.16. The molecule has 4 heteroatoms. The summed E-state index contributed by atoms with van der Waals surface area (Å²) >= 11 is 8.90. The van der Waals surface area contributed by atoms with E-state index in [4.69, 9.17) is 11.6 Å². The van der Waals surface area contributed by atoms with Crippen LogP contribution in [0.3, 0.4) is 0 Å². The molecule has 1 nitrogen and oxygen atoms in total. The van der Waals surface area contributed by atoms with E-state index in [1.807, 2.05) is 0 Å². The van der Waals surface area contributed by atoms with Gasteiger partial charge in [-0.05, 0) is 59.8 Å². The van der Waals surface area contributed by atoms with Crippen molar-refractivity contribution in [2.75, 3.05) is 0 Å². The summed E-state index contributed by atoms with van der Waals surface area (Å²) in [5, 5.41) is -0.0390. The second-order valence-corrected chi connectivity index (χ2v) is 5.68. The van der Waals surface area contributed by atoms with E-state index < -0.39 is 5.82 Å². The minimum atomic E-state index is -0.649. The van der Waals surface area contributed by atoms with Crippen molar-refractivity contribution in [1.29, 1.82) is 0 Å². The Kier molecular flexibility index (Phi) is 4.57. The van der Waals surface area contributed by atoms with Crippen LogP contribution in [0.1, 0.15) is 42.5 Å². The molecule has 0 unspecified atom stereocenters. The lowest BCUT2D eigenvalue weighted by molar-refractivity contribution is 0.104. The first-order valence-electron chi connectivity index (χ1n) is 5.97. The Morgan fingerprint density at radius 3 is 2.61 bits per heavy atom. The number of hydrogen-bond acceptors (Lipinski definition) is 1. The van der Waals surface area contributed by atoms with Crippen LogP contribution in [0, 0.1) is 5.82 Å².